The van der Waals surface area contributed by atoms with Crippen LogP contribution in [0, 0.1) is 24.7 Å². The lowest BCUT2D eigenvalue weighted by molar-refractivity contribution is -0.149. The number of amides is 3. The summed E-state index contributed by atoms with van der Waals surface area (Å²) >= 11 is 2.57. The number of aliphatic hydroxyl groups is 1. The van der Waals surface area contributed by atoms with Gasteiger partial charge >= 0.3 is 11.9 Å². The first-order valence-corrected chi connectivity index (χ1v) is 21.8. The number of likely N-dealkylation sites (N-methyl/N-ethyl adjacent to an activating group) is 1. The lowest BCUT2D eigenvalue weighted by Crippen LogP contribution is -2.58. The average molecular weight is 818 g/mol. The zero-order chi connectivity index (χ0) is 41.5. The van der Waals surface area contributed by atoms with E-state index in [2.05, 4.69) is 15.6 Å². The number of aromatic nitrogens is 1. The van der Waals surface area contributed by atoms with E-state index < -0.39 is 48.0 Å². The molecule has 0 saturated carbocycles. The maximum absolute atomic E-state index is 14.7. The van der Waals surface area contributed by atoms with Crippen molar-refractivity contribution >= 4 is 52.8 Å². The number of carbonyl (C=O) groups is 5. The van der Waals surface area contributed by atoms with Gasteiger partial charge in [0.25, 0.3) is 5.91 Å². The van der Waals surface area contributed by atoms with E-state index in [1.165, 1.54) is 30.0 Å². The molecule has 1 aliphatic heterocycles. The number of carboxylic acids is 1. The summed E-state index contributed by atoms with van der Waals surface area (Å²) in [6.07, 6.45) is 3.27. The molecule has 1 saturated heterocycles. The number of piperidine rings is 1. The van der Waals surface area contributed by atoms with Gasteiger partial charge in [-0.15, -0.1) is 23.1 Å². The van der Waals surface area contributed by atoms with Gasteiger partial charge in [0.1, 0.15) is 16.7 Å². The Balaban J connectivity index is 1.91. The molecular weight excluding hydrogens is 755 g/mol. The van der Waals surface area contributed by atoms with Gasteiger partial charge in [-0.05, 0) is 63.6 Å². The number of carboxylic acid groups (broad SMARTS) is 1. The van der Waals surface area contributed by atoms with E-state index in [4.69, 9.17) is 4.74 Å². The highest BCUT2D eigenvalue weighted by molar-refractivity contribution is 7.99. The maximum atomic E-state index is 14.7. The van der Waals surface area contributed by atoms with Gasteiger partial charge in [0, 0.05) is 36.6 Å². The highest BCUT2D eigenvalue weighted by Crippen LogP contribution is 2.32. The lowest BCUT2D eigenvalue weighted by atomic mass is 9.92. The number of aliphatic carboxylic acids is 1. The molecule has 13 nitrogen and oxygen atoms in total. The summed E-state index contributed by atoms with van der Waals surface area (Å²) in [5.74, 6) is -2.73. The number of hydrogen-bond acceptors (Lipinski definition) is 11. The van der Waals surface area contributed by atoms with Crippen molar-refractivity contribution in [1.82, 2.24) is 25.4 Å². The van der Waals surface area contributed by atoms with Crippen molar-refractivity contribution in [1.29, 1.82) is 0 Å². The van der Waals surface area contributed by atoms with Crippen LogP contribution in [0.2, 0.25) is 0 Å². The van der Waals surface area contributed by atoms with E-state index in [1.54, 1.807) is 17.2 Å². The summed E-state index contributed by atoms with van der Waals surface area (Å²) in [5.41, 5.74) is 2.16. The molecule has 1 aliphatic rings. The zero-order valence-corrected chi connectivity index (χ0v) is 35.9. The van der Waals surface area contributed by atoms with Gasteiger partial charge < -0.3 is 30.5 Å². The largest absolute Gasteiger partial charge is 0.481 e. The van der Waals surface area contributed by atoms with Crippen molar-refractivity contribution in [3.63, 3.8) is 0 Å². The number of ether oxygens (including phenoxy) is 1. The van der Waals surface area contributed by atoms with Gasteiger partial charge in [-0.2, -0.15) is 0 Å². The number of aryl methyl sites for hydroxylation is 1. The second-order valence-electron chi connectivity index (χ2n) is 15.5. The molecule has 3 amide bonds. The fourth-order valence-electron chi connectivity index (χ4n) is 6.97. The standard InChI is InChI=1S/C41H63N5O8S2/c1-9-27(5)36(44-38(50)33-12-10-11-17-45(33)8)40(51)46(24-55-19-18-47)34(25(2)3)22-35(54-29(7)48)39-43-32(23-56-39)37(49)42-31(20-28(6)41(52)53)21-30-15-13-26(4)14-16-30/h13-16,23,25,27-28,31,33-36,47H,9-12,17-22,24H2,1-8H3,(H,42,49)(H,44,50)(H,52,53)/t27?,28-,31+,33+,34+,35+,36-/m0/s1. The number of carbonyl (C=O) groups excluding carboxylic acids is 4. The molecule has 1 unspecified atom stereocenters. The second-order valence-corrected chi connectivity index (χ2v) is 17.4. The van der Waals surface area contributed by atoms with Crippen molar-refractivity contribution < 1.29 is 38.9 Å². The first-order chi connectivity index (χ1) is 26.6. The van der Waals surface area contributed by atoms with E-state index in [0.29, 0.717) is 23.6 Å². The van der Waals surface area contributed by atoms with Crippen LogP contribution in [0.4, 0.5) is 0 Å². The number of benzene rings is 1. The molecule has 1 fully saturated rings. The quantitative estimate of drug-likeness (QED) is 0.0675. The molecule has 3 rings (SSSR count). The molecule has 0 spiro atoms. The molecule has 1 aromatic heterocycles. The van der Waals surface area contributed by atoms with Crippen LogP contribution in [-0.4, -0.2) is 111 Å². The van der Waals surface area contributed by atoms with Crippen molar-refractivity contribution in [3.8, 4) is 0 Å². The third kappa shape index (κ3) is 14.1. The highest BCUT2D eigenvalue weighted by Gasteiger charge is 2.39. The van der Waals surface area contributed by atoms with Gasteiger partial charge in [0.05, 0.1) is 24.4 Å². The fourth-order valence-corrected chi connectivity index (χ4v) is 8.59. The van der Waals surface area contributed by atoms with Crippen LogP contribution in [0.15, 0.2) is 29.6 Å². The SMILES string of the molecule is CCC(C)[C@H](NC(=O)[C@H]1CCCCN1C)C(=O)N(CSCCO)[C@H](C[C@@H](OC(C)=O)c1nc(C(=O)N[C@@H](Cc2ccc(C)cc2)C[C@H](C)C(=O)O)cs1)C(C)C. The summed E-state index contributed by atoms with van der Waals surface area (Å²) < 4.78 is 5.85. The van der Waals surface area contributed by atoms with Gasteiger partial charge in [0.2, 0.25) is 11.8 Å². The fraction of sp³-hybridized carbons (Fsp3) is 0.659. The van der Waals surface area contributed by atoms with Crippen LogP contribution < -0.4 is 10.6 Å². The summed E-state index contributed by atoms with van der Waals surface area (Å²) in [7, 11) is 1.93. The number of esters is 1. The minimum Gasteiger partial charge on any atom is -0.481 e. The first-order valence-electron chi connectivity index (χ1n) is 19.8. The minimum absolute atomic E-state index is 0.0697. The molecule has 0 radical (unpaired) electrons. The van der Waals surface area contributed by atoms with Crippen LogP contribution in [0.25, 0.3) is 0 Å². The molecule has 312 valence electrons. The van der Waals surface area contributed by atoms with Crippen LogP contribution in [0.5, 0.6) is 0 Å². The smallest absolute Gasteiger partial charge is 0.306 e. The number of nitrogens with zero attached hydrogens (tertiary/aromatic N) is 3. The minimum atomic E-state index is -0.954. The monoisotopic (exact) mass is 817 g/mol. The van der Waals surface area contributed by atoms with Crippen LogP contribution in [0.1, 0.15) is 113 Å². The van der Waals surface area contributed by atoms with Gasteiger partial charge in [-0.1, -0.05) is 77.3 Å². The van der Waals surface area contributed by atoms with Gasteiger partial charge in [-0.25, -0.2) is 4.98 Å². The third-order valence-corrected chi connectivity index (χ3v) is 12.4. The van der Waals surface area contributed by atoms with Crippen molar-refractivity contribution in [2.24, 2.45) is 17.8 Å². The van der Waals surface area contributed by atoms with Crippen molar-refractivity contribution in [2.75, 3.05) is 31.8 Å². The zero-order valence-electron chi connectivity index (χ0n) is 34.3. The van der Waals surface area contributed by atoms with Crippen LogP contribution in [0.3, 0.4) is 0 Å². The number of rotatable bonds is 22. The van der Waals surface area contributed by atoms with Gasteiger partial charge in [0.15, 0.2) is 6.10 Å². The number of nitrogens with one attached hydrogen (secondary N) is 2. The molecule has 2 aromatic rings. The van der Waals surface area contributed by atoms with E-state index in [0.717, 1.165) is 36.9 Å². The molecule has 2 heterocycles. The van der Waals surface area contributed by atoms with E-state index in [9.17, 15) is 34.2 Å². The number of thiazole rings is 1. The predicted molar refractivity (Wildman–Crippen MR) is 220 cm³/mol. The molecule has 56 heavy (non-hydrogen) atoms. The average Bonchev–Trinajstić information content (AvgIpc) is 3.65. The number of thioether (sulfide) groups is 1. The van der Waals surface area contributed by atoms with Crippen LogP contribution in [-0.2, 0) is 30.3 Å². The Morgan fingerprint density at radius 2 is 1.77 bits per heavy atom. The molecule has 15 heteroatoms. The summed E-state index contributed by atoms with van der Waals surface area (Å²) in [6, 6.07) is 5.79. The third-order valence-electron chi connectivity index (χ3n) is 10.6. The topological polar surface area (TPSA) is 178 Å². The number of hydrogen-bond donors (Lipinski definition) is 4. The summed E-state index contributed by atoms with van der Waals surface area (Å²) in [6.45, 7) is 13.5. The molecule has 1 aromatic carbocycles. The first kappa shape index (κ1) is 46.8. The lowest BCUT2D eigenvalue weighted by Gasteiger charge is -2.40. The predicted octanol–water partition coefficient (Wildman–Crippen LogP) is 5.45. The second kappa shape index (κ2) is 23.0. The Morgan fingerprint density at radius 1 is 1.07 bits per heavy atom. The molecule has 7 atom stereocenters. The van der Waals surface area contributed by atoms with E-state index in [-0.39, 0.29) is 60.7 Å². The Bertz CT molecular complexity index is 1590. The Labute approximate surface area is 340 Å². The number of likely N-dealkylation sites (tertiary alicyclic amines) is 1. The Kier molecular flexibility index (Phi) is 19.3. The molecule has 0 bridgehead atoms. The van der Waals surface area contributed by atoms with E-state index >= 15 is 0 Å². The summed E-state index contributed by atoms with van der Waals surface area (Å²) in [4.78, 5) is 74.6. The number of aliphatic hydroxyl groups excluding tert-OH is 1. The Hall–Kier alpha value is -3.53. The van der Waals surface area contributed by atoms with Crippen molar-refractivity contribution in [3.05, 3.63) is 51.5 Å². The van der Waals surface area contributed by atoms with Crippen LogP contribution >= 0.6 is 23.1 Å². The van der Waals surface area contributed by atoms with E-state index in [1.807, 2.05) is 70.8 Å². The normalized spacial score (nSPS) is 17.9. The van der Waals surface area contributed by atoms with Gasteiger partial charge in [-0.3, -0.25) is 28.9 Å². The molecule has 4 N–H and O–H groups in total. The molecular formula is C41H63N5O8S2. The maximum Gasteiger partial charge on any atom is 0.306 e. The molecule has 0 aliphatic carbocycles. The Morgan fingerprint density at radius 3 is 2.36 bits per heavy atom. The summed E-state index contributed by atoms with van der Waals surface area (Å²) in [5, 5.41) is 27.3. The van der Waals surface area contributed by atoms with Crippen molar-refractivity contribution in [2.45, 2.75) is 124 Å². The highest BCUT2D eigenvalue weighted by atomic mass is 32.2.